The van der Waals surface area contributed by atoms with Gasteiger partial charge in [0.2, 0.25) is 6.20 Å². The number of rotatable bonds is 6. The first-order valence-corrected chi connectivity index (χ1v) is 8.25. The van der Waals surface area contributed by atoms with Crippen molar-refractivity contribution in [3.8, 4) is 11.5 Å². The number of halogens is 2. The number of hydrogen-bond donors (Lipinski definition) is 0. The van der Waals surface area contributed by atoms with E-state index in [-0.39, 0.29) is 22.1 Å². The quantitative estimate of drug-likeness (QED) is 0.271. The molecule has 0 aliphatic carbocycles. The second kappa shape index (κ2) is 8.60. The van der Waals surface area contributed by atoms with Crippen LogP contribution in [0.2, 0.25) is 5.02 Å². The second-order valence-corrected chi connectivity index (χ2v) is 6.21. The van der Waals surface area contributed by atoms with E-state index >= 15 is 0 Å². The van der Waals surface area contributed by atoms with E-state index in [9.17, 15) is 25.0 Å². The standard InChI is InChI=1S/C16H10BrClN2O7/c1-26-14-7-9(4-5-19(22)23)6-11(17)15(14)27-16(21)10-2-3-12(18)13(8-10)20(24)25/h2-8H,1H3/b5-4+. The van der Waals surface area contributed by atoms with Gasteiger partial charge in [-0.25, -0.2) is 4.79 Å². The molecule has 0 unspecified atom stereocenters. The highest BCUT2D eigenvalue weighted by Gasteiger charge is 2.20. The Hall–Kier alpha value is -2.98. The van der Waals surface area contributed by atoms with E-state index in [2.05, 4.69) is 15.9 Å². The number of ether oxygens (including phenoxy) is 2. The Bertz CT molecular complexity index is 962. The minimum atomic E-state index is -0.873. The molecule has 0 aliphatic heterocycles. The van der Waals surface area contributed by atoms with Crippen molar-refractivity contribution in [3.63, 3.8) is 0 Å². The lowest BCUT2D eigenvalue weighted by Crippen LogP contribution is -2.10. The van der Waals surface area contributed by atoms with Crippen molar-refractivity contribution < 1.29 is 24.1 Å². The molecule has 0 amide bonds. The molecule has 11 heteroatoms. The Labute approximate surface area is 165 Å². The lowest BCUT2D eigenvalue weighted by atomic mass is 10.2. The first-order valence-electron chi connectivity index (χ1n) is 7.08. The van der Waals surface area contributed by atoms with Gasteiger partial charge in [0.1, 0.15) is 5.02 Å². The van der Waals surface area contributed by atoms with Crippen LogP contribution in [0.1, 0.15) is 15.9 Å². The van der Waals surface area contributed by atoms with Gasteiger partial charge < -0.3 is 9.47 Å². The molecule has 0 aromatic heterocycles. The maximum atomic E-state index is 12.4. The van der Waals surface area contributed by atoms with E-state index in [4.69, 9.17) is 21.1 Å². The van der Waals surface area contributed by atoms with Gasteiger partial charge in [-0.3, -0.25) is 20.2 Å². The van der Waals surface area contributed by atoms with Gasteiger partial charge in [-0.05, 0) is 45.8 Å². The van der Waals surface area contributed by atoms with Crippen LogP contribution in [0.5, 0.6) is 11.5 Å². The Morgan fingerprint density at radius 1 is 1.22 bits per heavy atom. The molecular weight excluding hydrogens is 448 g/mol. The molecule has 0 aliphatic rings. The van der Waals surface area contributed by atoms with Crippen LogP contribution in [0.25, 0.3) is 6.08 Å². The lowest BCUT2D eigenvalue weighted by molar-refractivity contribution is -0.400. The van der Waals surface area contributed by atoms with E-state index in [1.165, 1.54) is 37.5 Å². The van der Waals surface area contributed by atoms with Crippen LogP contribution in [-0.2, 0) is 0 Å². The molecule has 0 radical (unpaired) electrons. The number of nitrogens with zero attached hydrogens (tertiary/aromatic N) is 2. The fraction of sp³-hybridized carbons (Fsp3) is 0.0625. The maximum Gasteiger partial charge on any atom is 0.343 e. The molecule has 2 aromatic rings. The minimum absolute atomic E-state index is 0.0124. The van der Waals surface area contributed by atoms with Gasteiger partial charge in [-0.1, -0.05) is 11.6 Å². The van der Waals surface area contributed by atoms with Crippen molar-refractivity contribution in [1.82, 2.24) is 0 Å². The maximum absolute atomic E-state index is 12.4. The number of methoxy groups -OCH3 is 1. The molecule has 27 heavy (non-hydrogen) atoms. The van der Waals surface area contributed by atoms with E-state index in [1.54, 1.807) is 0 Å². The molecule has 0 saturated carbocycles. The van der Waals surface area contributed by atoms with Gasteiger partial charge in [0.05, 0.1) is 27.0 Å². The predicted molar refractivity (Wildman–Crippen MR) is 99.8 cm³/mol. The molecule has 9 nitrogen and oxygen atoms in total. The van der Waals surface area contributed by atoms with Crippen molar-refractivity contribution >= 4 is 45.3 Å². The predicted octanol–water partition coefficient (Wildman–Crippen LogP) is 4.49. The third-order valence-electron chi connectivity index (χ3n) is 3.21. The Morgan fingerprint density at radius 2 is 1.93 bits per heavy atom. The van der Waals surface area contributed by atoms with Crippen molar-refractivity contribution in [2.45, 2.75) is 0 Å². The van der Waals surface area contributed by atoms with Crippen LogP contribution >= 0.6 is 27.5 Å². The van der Waals surface area contributed by atoms with Gasteiger partial charge in [0.25, 0.3) is 5.69 Å². The van der Waals surface area contributed by atoms with Crippen molar-refractivity contribution in [2.24, 2.45) is 0 Å². The van der Waals surface area contributed by atoms with Crippen LogP contribution in [0.4, 0.5) is 5.69 Å². The molecule has 0 fully saturated rings. The topological polar surface area (TPSA) is 122 Å². The second-order valence-electron chi connectivity index (χ2n) is 4.95. The molecule has 0 bridgehead atoms. The highest BCUT2D eigenvalue weighted by molar-refractivity contribution is 9.10. The molecule has 0 N–H and O–H groups in total. The summed E-state index contributed by atoms with van der Waals surface area (Å²) in [6.45, 7) is 0. The zero-order valence-corrected chi connectivity index (χ0v) is 15.9. The third kappa shape index (κ3) is 5.02. The van der Waals surface area contributed by atoms with Crippen LogP contribution < -0.4 is 9.47 Å². The van der Waals surface area contributed by atoms with Crippen LogP contribution in [-0.4, -0.2) is 22.9 Å². The first-order chi connectivity index (χ1) is 12.7. The Kier molecular flexibility index (Phi) is 6.48. The summed E-state index contributed by atoms with van der Waals surface area (Å²) in [7, 11) is 1.33. The molecule has 0 saturated heterocycles. The number of carbonyl (C=O) groups is 1. The van der Waals surface area contributed by atoms with Gasteiger partial charge in [-0.2, -0.15) is 0 Å². The van der Waals surface area contributed by atoms with Crippen LogP contribution in [0.15, 0.2) is 41.0 Å². The summed E-state index contributed by atoms with van der Waals surface area (Å²) in [5.41, 5.74) is -0.0906. The highest BCUT2D eigenvalue weighted by Crippen LogP contribution is 2.38. The zero-order valence-electron chi connectivity index (χ0n) is 13.5. The average Bonchev–Trinajstić information content (AvgIpc) is 2.61. The zero-order chi connectivity index (χ0) is 20.1. The number of esters is 1. The minimum Gasteiger partial charge on any atom is -0.493 e. The summed E-state index contributed by atoms with van der Waals surface area (Å²) < 4.78 is 10.7. The fourth-order valence-electron chi connectivity index (χ4n) is 2.01. The van der Waals surface area contributed by atoms with E-state index < -0.39 is 21.5 Å². The monoisotopic (exact) mass is 456 g/mol. The number of nitro groups is 2. The van der Waals surface area contributed by atoms with Gasteiger partial charge >= 0.3 is 5.97 Å². The molecule has 0 atom stereocenters. The average molecular weight is 458 g/mol. The molecule has 0 spiro atoms. The number of benzene rings is 2. The number of nitro benzene ring substituents is 1. The SMILES string of the molecule is COc1cc(/C=C/[N+](=O)[O-])cc(Br)c1OC(=O)c1ccc(Cl)c([N+](=O)[O-])c1. The van der Waals surface area contributed by atoms with Crippen molar-refractivity contribution in [1.29, 1.82) is 0 Å². The summed E-state index contributed by atoms with van der Waals surface area (Å²) in [6, 6.07) is 6.41. The van der Waals surface area contributed by atoms with Gasteiger partial charge in [-0.15, -0.1) is 0 Å². The van der Waals surface area contributed by atoms with Crippen LogP contribution in [0, 0.1) is 20.2 Å². The van der Waals surface area contributed by atoms with Gasteiger partial charge in [0.15, 0.2) is 11.5 Å². The fourth-order valence-corrected chi connectivity index (χ4v) is 2.74. The van der Waals surface area contributed by atoms with Crippen LogP contribution in [0.3, 0.4) is 0 Å². The van der Waals surface area contributed by atoms with E-state index in [1.807, 2.05) is 0 Å². The summed E-state index contributed by atoms with van der Waals surface area (Å²) in [6.07, 6.45) is 1.99. The smallest absolute Gasteiger partial charge is 0.343 e. The largest absolute Gasteiger partial charge is 0.493 e. The molecule has 0 heterocycles. The van der Waals surface area contributed by atoms with E-state index in [0.717, 1.165) is 12.3 Å². The normalized spacial score (nSPS) is 10.6. The highest BCUT2D eigenvalue weighted by atomic mass is 79.9. The third-order valence-corrected chi connectivity index (χ3v) is 4.12. The molecule has 2 aromatic carbocycles. The summed E-state index contributed by atoms with van der Waals surface area (Å²) in [4.78, 5) is 32.4. The summed E-state index contributed by atoms with van der Waals surface area (Å²) >= 11 is 8.93. The summed E-state index contributed by atoms with van der Waals surface area (Å²) in [5, 5.41) is 21.3. The first kappa shape index (κ1) is 20.3. The van der Waals surface area contributed by atoms with E-state index in [0.29, 0.717) is 10.0 Å². The Balaban J connectivity index is 2.36. The van der Waals surface area contributed by atoms with Crippen molar-refractivity contribution in [2.75, 3.05) is 7.11 Å². The number of carbonyl (C=O) groups excluding carboxylic acids is 1. The lowest BCUT2D eigenvalue weighted by Gasteiger charge is -2.12. The molecule has 140 valence electrons. The van der Waals surface area contributed by atoms with Gasteiger partial charge in [0, 0.05) is 12.1 Å². The summed E-state index contributed by atoms with van der Waals surface area (Å²) in [5.74, 6) is -0.732. The Morgan fingerprint density at radius 3 is 2.52 bits per heavy atom. The molecular formula is C16H10BrClN2O7. The number of hydrogen-bond acceptors (Lipinski definition) is 7. The molecule has 2 rings (SSSR count). The van der Waals surface area contributed by atoms with Crippen molar-refractivity contribution in [3.05, 3.63) is 77.4 Å².